The third-order valence-electron chi connectivity index (χ3n) is 5.14. The van der Waals surface area contributed by atoms with Crippen LogP contribution in [0.5, 0.6) is 11.5 Å². The number of halogens is 1. The molecule has 184 valence electrons. The highest BCUT2D eigenvalue weighted by atomic mass is 35.5. The molecule has 34 heavy (non-hydrogen) atoms. The van der Waals surface area contributed by atoms with Crippen molar-refractivity contribution in [3.63, 3.8) is 0 Å². The van der Waals surface area contributed by atoms with Gasteiger partial charge in [0.15, 0.2) is 11.5 Å². The van der Waals surface area contributed by atoms with Crippen LogP contribution < -0.4 is 19.5 Å². The van der Waals surface area contributed by atoms with Gasteiger partial charge in [0.1, 0.15) is 11.0 Å². The molecule has 0 saturated carbocycles. The van der Waals surface area contributed by atoms with Gasteiger partial charge < -0.3 is 19.5 Å². The zero-order chi connectivity index (χ0) is 25.0. The first kappa shape index (κ1) is 25.9. The Morgan fingerprint density at radius 2 is 1.71 bits per heavy atom. The molecule has 1 aliphatic rings. The molecule has 10 heteroatoms. The van der Waals surface area contributed by atoms with Gasteiger partial charge in [0, 0.05) is 13.2 Å². The number of amidine groups is 1. The molecule has 8 nitrogen and oxygen atoms in total. The number of nitrogens with one attached hydrogen (secondary N) is 2. The molecule has 0 spiro atoms. The van der Waals surface area contributed by atoms with Crippen LogP contribution >= 0.6 is 11.6 Å². The fraction of sp³-hybridized carbons (Fsp3) is 0.375. The quantitative estimate of drug-likeness (QED) is 0.521. The largest absolute Gasteiger partial charge is 0.493 e. The Morgan fingerprint density at radius 1 is 1.06 bits per heavy atom. The summed E-state index contributed by atoms with van der Waals surface area (Å²) in [7, 11) is -0.851. The topological polar surface area (TPSA) is 98.2 Å². The van der Waals surface area contributed by atoms with Crippen LogP contribution in [0.3, 0.4) is 0 Å². The van der Waals surface area contributed by atoms with Crippen molar-refractivity contribution in [3.8, 4) is 11.5 Å². The molecule has 0 amide bonds. The van der Waals surface area contributed by atoms with E-state index < -0.39 is 15.9 Å². The average Bonchev–Trinajstić information content (AvgIpc) is 2.77. The first-order chi connectivity index (χ1) is 16.0. The molecule has 2 N–H and O–H groups in total. The smallest absolute Gasteiger partial charge is 0.283 e. The summed E-state index contributed by atoms with van der Waals surface area (Å²) in [5.41, 5.74) is 0.930. The van der Waals surface area contributed by atoms with Gasteiger partial charge in [0.05, 0.1) is 25.0 Å². The molecular weight excluding hydrogens is 478 g/mol. The molecule has 2 aromatic carbocycles. The molecule has 0 aliphatic carbocycles. The maximum Gasteiger partial charge on any atom is 0.283 e. The zero-order valence-corrected chi connectivity index (χ0v) is 21.5. The highest BCUT2D eigenvalue weighted by Gasteiger charge is 2.37. The summed E-state index contributed by atoms with van der Waals surface area (Å²) in [6, 6.07) is 13.8. The second-order valence-electron chi connectivity index (χ2n) is 8.77. The van der Waals surface area contributed by atoms with Crippen LogP contribution in [0.4, 0.5) is 0 Å². The predicted octanol–water partition coefficient (Wildman–Crippen LogP) is 4.12. The number of para-hydroxylation sites is 2. The van der Waals surface area contributed by atoms with Crippen molar-refractivity contribution in [1.29, 1.82) is 0 Å². The Morgan fingerprint density at radius 3 is 2.29 bits per heavy atom. The summed E-state index contributed by atoms with van der Waals surface area (Å²) in [5, 5.41) is 3.14. The molecule has 0 saturated heterocycles. The number of methoxy groups -OCH3 is 2. The minimum Gasteiger partial charge on any atom is -0.493 e. The summed E-state index contributed by atoms with van der Waals surface area (Å²) in [5.74, 6) is -0.508. The number of nitrogens with zero attached hydrogens (tertiary/aromatic N) is 1. The van der Waals surface area contributed by atoms with E-state index >= 15 is 0 Å². The second kappa shape index (κ2) is 10.2. The fourth-order valence-electron chi connectivity index (χ4n) is 3.32. The summed E-state index contributed by atoms with van der Waals surface area (Å²) in [6.45, 7) is 6.45. The van der Waals surface area contributed by atoms with Crippen molar-refractivity contribution in [3.05, 3.63) is 65.3 Å². The molecule has 1 atom stereocenters. The SMILES string of the molecule is COCCC1(Oc2ccccc2OC)N=C(NS(=O)(=O)c2ccc(C(C)(C)C)cc2)C=C(Cl)N1. The summed E-state index contributed by atoms with van der Waals surface area (Å²) in [4.78, 5) is 4.65. The van der Waals surface area contributed by atoms with Gasteiger partial charge in [-0.1, -0.05) is 56.6 Å². The lowest BCUT2D eigenvalue weighted by atomic mass is 9.87. The van der Waals surface area contributed by atoms with E-state index in [4.69, 9.17) is 25.8 Å². The van der Waals surface area contributed by atoms with Crippen LogP contribution in [0, 0.1) is 0 Å². The Bertz CT molecular complexity index is 1170. The van der Waals surface area contributed by atoms with E-state index in [0.29, 0.717) is 11.5 Å². The van der Waals surface area contributed by atoms with Crippen LogP contribution in [-0.2, 0) is 20.2 Å². The van der Waals surface area contributed by atoms with Gasteiger partial charge in [-0.15, -0.1) is 0 Å². The van der Waals surface area contributed by atoms with Crippen LogP contribution in [0.25, 0.3) is 0 Å². The lowest BCUT2D eigenvalue weighted by Gasteiger charge is -2.35. The van der Waals surface area contributed by atoms with E-state index in [9.17, 15) is 8.42 Å². The second-order valence-corrected chi connectivity index (χ2v) is 10.9. The molecule has 1 unspecified atom stereocenters. The first-order valence-corrected chi connectivity index (χ1v) is 12.5. The van der Waals surface area contributed by atoms with Crippen molar-refractivity contribution in [1.82, 2.24) is 10.0 Å². The molecule has 0 fully saturated rings. The van der Waals surface area contributed by atoms with E-state index in [0.717, 1.165) is 5.56 Å². The number of hydrogen-bond acceptors (Lipinski definition) is 7. The van der Waals surface area contributed by atoms with Crippen molar-refractivity contribution < 1.29 is 22.6 Å². The predicted molar refractivity (Wildman–Crippen MR) is 133 cm³/mol. The van der Waals surface area contributed by atoms with Gasteiger partial charge in [-0.2, -0.15) is 0 Å². The minimum absolute atomic E-state index is 0.0228. The first-order valence-electron chi connectivity index (χ1n) is 10.7. The lowest BCUT2D eigenvalue weighted by Crippen LogP contribution is -2.52. The van der Waals surface area contributed by atoms with Crippen molar-refractivity contribution in [2.75, 3.05) is 20.8 Å². The van der Waals surface area contributed by atoms with E-state index in [2.05, 4.69) is 35.8 Å². The number of benzene rings is 2. The van der Waals surface area contributed by atoms with Gasteiger partial charge in [-0.3, -0.25) is 4.72 Å². The molecule has 0 bridgehead atoms. The summed E-state index contributed by atoms with van der Waals surface area (Å²) >= 11 is 6.34. The Hall–Kier alpha value is -2.75. The Kier molecular flexibility index (Phi) is 7.80. The number of aliphatic imine (C=N–C) groups is 1. The van der Waals surface area contributed by atoms with Crippen LogP contribution in [0.15, 0.2) is 69.7 Å². The number of ether oxygens (including phenoxy) is 3. The lowest BCUT2D eigenvalue weighted by molar-refractivity contribution is 0.0169. The molecule has 1 heterocycles. The van der Waals surface area contributed by atoms with E-state index in [-0.39, 0.29) is 34.3 Å². The number of rotatable bonds is 8. The normalized spacial score (nSPS) is 18.4. The zero-order valence-electron chi connectivity index (χ0n) is 19.9. The molecule has 2 aromatic rings. The maximum absolute atomic E-state index is 13.1. The third kappa shape index (κ3) is 6.22. The average molecular weight is 508 g/mol. The maximum atomic E-state index is 13.1. The van der Waals surface area contributed by atoms with Gasteiger partial charge in [-0.05, 0) is 35.2 Å². The van der Waals surface area contributed by atoms with Crippen molar-refractivity contribution >= 4 is 27.5 Å². The summed E-state index contributed by atoms with van der Waals surface area (Å²) in [6.07, 6.45) is 1.62. The van der Waals surface area contributed by atoms with E-state index in [1.807, 2.05) is 6.07 Å². The van der Waals surface area contributed by atoms with Crippen molar-refractivity contribution in [2.24, 2.45) is 4.99 Å². The number of hydrogen-bond donors (Lipinski definition) is 2. The molecule has 3 rings (SSSR count). The molecule has 0 radical (unpaired) electrons. The molecule has 1 aliphatic heterocycles. The molecular formula is C24H30ClN3O5S. The van der Waals surface area contributed by atoms with Gasteiger partial charge in [0.25, 0.3) is 15.9 Å². The number of sulfonamides is 1. The van der Waals surface area contributed by atoms with Crippen LogP contribution in [0.2, 0.25) is 0 Å². The highest BCUT2D eigenvalue weighted by molar-refractivity contribution is 7.90. The van der Waals surface area contributed by atoms with Gasteiger partial charge >= 0.3 is 0 Å². The Balaban J connectivity index is 1.94. The summed E-state index contributed by atoms with van der Waals surface area (Å²) < 4.78 is 45.4. The molecule has 0 aromatic heterocycles. The van der Waals surface area contributed by atoms with Crippen molar-refractivity contribution in [2.45, 2.75) is 43.4 Å². The highest BCUT2D eigenvalue weighted by Crippen LogP contribution is 2.32. The minimum atomic E-state index is -3.93. The standard InChI is InChI=1S/C24H30ClN3O5S/c1-23(2,3)17-10-12-18(13-11-17)34(29,30)28-22-16-21(25)26-24(27-22,14-15-31-4)33-20-9-7-6-8-19(20)32-5/h6-13,16,26H,14-15H2,1-5H3,(H,27,28). The fourth-order valence-corrected chi connectivity index (χ4v) is 4.57. The third-order valence-corrected chi connectivity index (χ3v) is 6.72. The van der Waals surface area contributed by atoms with Gasteiger partial charge in [0.2, 0.25) is 0 Å². The van der Waals surface area contributed by atoms with Crippen LogP contribution in [-0.4, -0.2) is 40.9 Å². The van der Waals surface area contributed by atoms with Gasteiger partial charge in [-0.25, -0.2) is 13.4 Å². The van der Waals surface area contributed by atoms with Crippen LogP contribution in [0.1, 0.15) is 32.8 Å². The monoisotopic (exact) mass is 507 g/mol. The Labute approximate surface area is 206 Å². The van der Waals surface area contributed by atoms with E-state index in [1.54, 1.807) is 49.6 Å². The van der Waals surface area contributed by atoms with E-state index in [1.165, 1.54) is 13.2 Å².